The fourth-order valence-corrected chi connectivity index (χ4v) is 2.75. The van der Waals surface area contributed by atoms with Gasteiger partial charge < -0.3 is 9.47 Å². The predicted molar refractivity (Wildman–Crippen MR) is 97.2 cm³/mol. The summed E-state index contributed by atoms with van der Waals surface area (Å²) in [5.41, 5.74) is 0.590. The molecule has 0 aliphatic rings. The number of carbonyl (C=O) groups is 4. The van der Waals surface area contributed by atoms with E-state index in [4.69, 9.17) is 9.47 Å². The van der Waals surface area contributed by atoms with Crippen molar-refractivity contribution in [1.29, 1.82) is 0 Å². The van der Waals surface area contributed by atoms with Crippen molar-refractivity contribution in [3.05, 3.63) is 71.8 Å². The molecule has 0 heterocycles. The number of methoxy groups -OCH3 is 2. The van der Waals surface area contributed by atoms with Crippen LogP contribution in [-0.2, 0) is 19.1 Å². The molecule has 2 atom stereocenters. The Morgan fingerprint density at radius 3 is 1.30 bits per heavy atom. The molecule has 0 fully saturated rings. The van der Waals surface area contributed by atoms with Crippen molar-refractivity contribution < 1.29 is 28.7 Å². The van der Waals surface area contributed by atoms with Crippen LogP contribution in [0.15, 0.2) is 60.7 Å². The molecule has 27 heavy (non-hydrogen) atoms. The van der Waals surface area contributed by atoms with E-state index in [9.17, 15) is 19.2 Å². The van der Waals surface area contributed by atoms with Gasteiger partial charge in [-0.15, -0.1) is 0 Å². The van der Waals surface area contributed by atoms with E-state index in [1.54, 1.807) is 60.7 Å². The van der Waals surface area contributed by atoms with Crippen LogP contribution in [0.3, 0.4) is 0 Å². The first kappa shape index (κ1) is 20.0. The molecule has 0 aliphatic carbocycles. The molecule has 0 amide bonds. The van der Waals surface area contributed by atoms with Gasteiger partial charge >= 0.3 is 11.9 Å². The summed E-state index contributed by atoms with van der Waals surface area (Å²) in [6.07, 6.45) is -0.333. The monoisotopic (exact) mass is 368 g/mol. The summed E-state index contributed by atoms with van der Waals surface area (Å²) in [4.78, 5) is 50.0. The maximum absolute atomic E-state index is 12.8. The number of rotatable bonds is 8. The normalized spacial score (nSPS) is 12.5. The molecular formula is C21H20O6. The summed E-state index contributed by atoms with van der Waals surface area (Å²) in [5.74, 6) is -5.24. The first-order valence-electron chi connectivity index (χ1n) is 8.33. The van der Waals surface area contributed by atoms with E-state index in [2.05, 4.69) is 0 Å². The van der Waals surface area contributed by atoms with Crippen molar-refractivity contribution >= 4 is 23.5 Å². The Morgan fingerprint density at radius 2 is 1.00 bits per heavy atom. The fraction of sp³-hybridized carbons (Fsp3) is 0.238. The van der Waals surface area contributed by atoms with Gasteiger partial charge in [0.15, 0.2) is 11.6 Å². The predicted octanol–water partition coefficient (Wildman–Crippen LogP) is 2.72. The first-order valence-corrected chi connectivity index (χ1v) is 8.33. The highest BCUT2D eigenvalue weighted by atomic mass is 16.5. The number of ketones is 2. The first-order chi connectivity index (χ1) is 13.0. The zero-order chi connectivity index (χ0) is 19.8. The topological polar surface area (TPSA) is 86.7 Å². The zero-order valence-corrected chi connectivity index (χ0v) is 15.1. The standard InChI is InChI=1S/C21H20O6/c1-26-20(24)16(18(22)14-9-5-3-6-10-14)13-17(21(25)27-2)19(23)15-11-7-4-8-12-15/h3-12,16-17H,13H2,1-2H3. The average molecular weight is 368 g/mol. The zero-order valence-electron chi connectivity index (χ0n) is 15.1. The Bertz CT molecular complexity index is 744. The van der Waals surface area contributed by atoms with Gasteiger partial charge in [0.1, 0.15) is 11.8 Å². The Kier molecular flexibility index (Phi) is 7.00. The molecule has 140 valence electrons. The molecule has 0 saturated carbocycles. The van der Waals surface area contributed by atoms with Crippen molar-refractivity contribution in [3.8, 4) is 0 Å². The van der Waals surface area contributed by atoms with Gasteiger partial charge in [-0.2, -0.15) is 0 Å². The van der Waals surface area contributed by atoms with E-state index in [0.29, 0.717) is 11.1 Å². The van der Waals surface area contributed by atoms with E-state index in [-0.39, 0.29) is 6.42 Å². The molecule has 2 aromatic carbocycles. The van der Waals surface area contributed by atoms with E-state index in [0.717, 1.165) is 14.2 Å². The third-order valence-corrected chi connectivity index (χ3v) is 4.19. The molecule has 0 N–H and O–H groups in total. The Balaban J connectivity index is 2.36. The number of hydrogen-bond donors (Lipinski definition) is 0. The van der Waals surface area contributed by atoms with Crippen LogP contribution in [-0.4, -0.2) is 37.7 Å². The highest BCUT2D eigenvalue weighted by molar-refractivity contribution is 6.12. The summed E-state index contributed by atoms with van der Waals surface area (Å²) < 4.78 is 9.46. The van der Waals surface area contributed by atoms with E-state index < -0.39 is 35.3 Å². The number of benzene rings is 2. The second-order valence-electron chi connectivity index (χ2n) is 5.85. The summed E-state index contributed by atoms with van der Waals surface area (Å²) in [5, 5.41) is 0. The number of ether oxygens (including phenoxy) is 2. The van der Waals surface area contributed by atoms with Gasteiger partial charge in [-0.25, -0.2) is 0 Å². The maximum atomic E-state index is 12.8. The van der Waals surface area contributed by atoms with Crippen LogP contribution in [0.2, 0.25) is 0 Å². The number of esters is 2. The summed E-state index contributed by atoms with van der Waals surface area (Å²) in [7, 11) is 2.31. The third-order valence-electron chi connectivity index (χ3n) is 4.19. The maximum Gasteiger partial charge on any atom is 0.316 e. The van der Waals surface area contributed by atoms with Crippen molar-refractivity contribution in [2.24, 2.45) is 11.8 Å². The van der Waals surface area contributed by atoms with Crippen LogP contribution in [0.1, 0.15) is 27.1 Å². The van der Waals surface area contributed by atoms with Gasteiger partial charge in [0.05, 0.1) is 14.2 Å². The second-order valence-corrected chi connectivity index (χ2v) is 5.85. The van der Waals surface area contributed by atoms with Gasteiger partial charge in [-0.1, -0.05) is 60.7 Å². The SMILES string of the molecule is COC(=O)C(CC(C(=O)OC)C(=O)c1ccccc1)C(=O)c1ccccc1. The molecule has 2 unspecified atom stereocenters. The number of carbonyl (C=O) groups excluding carboxylic acids is 4. The summed E-state index contributed by atoms with van der Waals surface area (Å²) in [6.45, 7) is 0. The third kappa shape index (κ3) is 4.88. The number of Topliss-reactive ketones (excluding diaryl/α,β-unsaturated/α-hetero) is 2. The van der Waals surface area contributed by atoms with E-state index in [1.807, 2.05) is 0 Å². The van der Waals surface area contributed by atoms with Crippen molar-refractivity contribution in [3.63, 3.8) is 0 Å². The molecule has 0 spiro atoms. The molecule has 6 nitrogen and oxygen atoms in total. The Hall–Kier alpha value is -3.28. The highest BCUT2D eigenvalue weighted by Crippen LogP contribution is 2.23. The average Bonchev–Trinajstić information content (AvgIpc) is 2.74. The van der Waals surface area contributed by atoms with Crippen molar-refractivity contribution in [2.45, 2.75) is 6.42 Å². The molecule has 2 aromatic rings. The van der Waals surface area contributed by atoms with Crippen LogP contribution in [0.5, 0.6) is 0 Å². The van der Waals surface area contributed by atoms with E-state index in [1.165, 1.54) is 0 Å². The van der Waals surface area contributed by atoms with E-state index >= 15 is 0 Å². The van der Waals surface area contributed by atoms with Crippen LogP contribution < -0.4 is 0 Å². The van der Waals surface area contributed by atoms with Crippen molar-refractivity contribution in [1.82, 2.24) is 0 Å². The van der Waals surface area contributed by atoms with Crippen molar-refractivity contribution in [2.75, 3.05) is 14.2 Å². The smallest absolute Gasteiger partial charge is 0.316 e. The minimum Gasteiger partial charge on any atom is -0.468 e. The van der Waals surface area contributed by atoms with Gasteiger partial charge in [-0.05, 0) is 6.42 Å². The molecule has 2 rings (SSSR count). The lowest BCUT2D eigenvalue weighted by Gasteiger charge is -2.19. The molecule has 0 radical (unpaired) electrons. The van der Waals surface area contributed by atoms with Gasteiger partial charge in [-0.3, -0.25) is 19.2 Å². The van der Waals surface area contributed by atoms with Gasteiger partial charge in [0.2, 0.25) is 0 Å². The lowest BCUT2D eigenvalue weighted by molar-refractivity contribution is -0.146. The number of hydrogen-bond acceptors (Lipinski definition) is 6. The molecule has 0 aliphatic heterocycles. The molecule has 6 heteroatoms. The molecular weight excluding hydrogens is 348 g/mol. The lowest BCUT2D eigenvalue weighted by Crippen LogP contribution is -2.34. The van der Waals surface area contributed by atoms with Crippen LogP contribution >= 0.6 is 0 Å². The minimum absolute atomic E-state index is 0.295. The largest absolute Gasteiger partial charge is 0.468 e. The fourth-order valence-electron chi connectivity index (χ4n) is 2.75. The van der Waals surface area contributed by atoms with Gasteiger partial charge in [0, 0.05) is 11.1 Å². The second kappa shape index (κ2) is 9.43. The van der Waals surface area contributed by atoms with Crippen LogP contribution in [0.4, 0.5) is 0 Å². The van der Waals surface area contributed by atoms with Gasteiger partial charge in [0.25, 0.3) is 0 Å². The van der Waals surface area contributed by atoms with Crippen LogP contribution in [0.25, 0.3) is 0 Å². The quantitative estimate of drug-likeness (QED) is 0.404. The molecule has 0 saturated heterocycles. The summed E-state index contributed by atoms with van der Waals surface area (Å²) >= 11 is 0. The summed E-state index contributed by atoms with van der Waals surface area (Å²) in [6, 6.07) is 16.4. The molecule has 0 bridgehead atoms. The minimum atomic E-state index is -1.30. The Morgan fingerprint density at radius 1 is 0.667 bits per heavy atom. The van der Waals surface area contributed by atoms with Crippen LogP contribution in [0, 0.1) is 11.8 Å². The molecule has 0 aromatic heterocycles. The lowest BCUT2D eigenvalue weighted by atomic mass is 9.84. The highest BCUT2D eigenvalue weighted by Gasteiger charge is 2.38. The Labute approximate surface area is 157 Å².